The van der Waals surface area contributed by atoms with Crippen LogP contribution in [0.4, 0.5) is 0 Å². The second-order valence-electron chi connectivity index (χ2n) is 7.62. The molecule has 0 spiro atoms. The van der Waals surface area contributed by atoms with Crippen molar-refractivity contribution < 1.29 is 5.11 Å². The van der Waals surface area contributed by atoms with Crippen LogP contribution < -0.4 is 0 Å². The second-order valence-corrected chi connectivity index (χ2v) is 7.62. The van der Waals surface area contributed by atoms with E-state index in [1.165, 1.54) is 44.5 Å². The van der Waals surface area contributed by atoms with Crippen LogP contribution in [-0.2, 0) is 19.3 Å². The molecule has 3 rings (SSSR count). The maximum absolute atomic E-state index is 9.01. The van der Waals surface area contributed by atoms with E-state index in [0.717, 1.165) is 32.1 Å². The lowest BCUT2D eigenvalue weighted by molar-refractivity contribution is 0.284. The van der Waals surface area contributed by atoms with Crippen LogP contribution in [-0.4, -0.2) is 11.7 Å². The summed E-state index contributed by atoms with van der Waals surface area (Å²) < 4.78 is 0. The van der Waals surface area contributed by atoms with Gasteiger partial charge in [-0.15, -0.1) is 0 Å². The molecular weight excluding hydrogens is 340 g/mol. The predicted molar refractivity (Wildman–Crippen MR) is 121 cm³/mol. The van der Waals surface area contributed by atoms with E-state index >= 15 is 0 Å². The number of aliphatic hydroxyl groups excluding tert-OH is 1. The van der Waals surface area contributed by atoms with Gasteiger partial charge in [0, 0.05) is 6.61 Å². The van der Waals surface area contributed by atoms with Gasteiger partial charge in [-0.1, -0.05) is 80.1 Å². The summed E-state index contributed by atoms with van der Waals surface area (Å²) in [6.07, 6.45) is 5.02. The van der Waals surface area contributed by atoms with Gasteiger partial charge in [-0.05, 0) is 78.0 Å². The maximum Gasteiger partial charge on any atom is 0.0431 e. The lowest BCUT2D eigenvalue weighted by atomic mass is 9.90. The van der Waals surface area contributed by atoms with Crippen LogP contribution in [0.25, 0.3) is 22.3 Å². The Hall–Kier alpha value is -2.38. The van der Waals surface area contributed by atoms with Crippen molar-refractivity contribution in [1.29, 1.82) is 0 Å². The standard InChI is InChI=1S/C27H32O/c1-4-22-18-21(8-6-7-17-28)11-15-27(22)25-14-16-26(23(5-2)19-25)24-12-9-20(3)10-13-24/h9-16,18-19,28H,4-8,17H2,1-3H3. The van der Waals surface area contributed by atoms with Crippen molar-refractivity contribution in [2.75, 3.05) is 6.61 Å². The molecule has 1 N–H and O–H groups in total. The first-order valence-corrected chi connectivity index (χ1v) is 10.6. The number of benzene rings is 3. The van der Waals surface area contributed by atoms with Crippen LogP contribution in [0.5, 0.6) is 0 Å². The van der Waals surface area contributed by atoms with Crippen molar-refractivity contribution in [2.24, 2.45) is 0 Å². The third-order valence-electron chi connectivity index (χ3n) is 5.58. The third kappa shape index (κ3) is 4.72. The molecule has 146 valence electrons. The number of rotatable bonds is 8. The molecule has 0 aliphatic rings. The van der Waals surface area contributed by atoms with E-state index < -0.39 is 0 Å². The molecule has 0 saturated carbocycles. The summed E-state index contributed by atoms with van der Waals surface area (Å²) in [5.41, 5.74) is 10.8. The van der Waals surface area contributed by atoms with Crippen molar-refractivity contribution in [1.82, 2.24) is 0 Å². The SMILES string of the molecule is CCc1cc(CCCCO)ccc1-c1ccc(-c2ccc(C)cc2)c(CC)c1. The van der Waals surface area contributed by atoms with Gasteiger partial charge in [0.25, 0.3) is 0 Å². The fraction of sp³-hybridized carbons (Fsp3) is 0.333. The van der Waals surface area contributed by atoms with Crippen molar-refractivity contribution in [3.63, 3.8) is 0 Å². The van der Waals surface area contributed by atoms with E-state index in [1.807, 2.05) is 0 Å². The van der Waals surface area contributed by atoms with Gasteiger partial charge in [0.15, 0.2) is 0 Å². The Labute approximate surface area is 170 Å². The molecule has 1 nitrogen and oxygen atoms in total. The molecule has 0 aromatic heterocycles. The average molecular weight is 373 g/mol. The van der Waals surface area contributed by atoms with Crippen LogP contribution in [0.3, 0.4) is 0 Å². The first kappa shape index (κ1) is 20.4. The average Bonchev–Trinajstić information content (AvgIpc) is 2.74. The normalized spacial score (nSPS) is 11.0. The van der Waals surface area contributed by atoms with Crippen LogP contribution in [0, 0.1) is 6.92 Å². The molecule has 0 bridgehead atoms. The van der Waals surface area contributed by atoms with Crippen molar-refractivity contribution >= 4 is 0 Å². The molecule has 28 heavy (non-hydrogen) atoms. The zero-order chi connectivity index (χ0) is 19.9. The molecule has 0 unspecified atom stereocenters. The van der Waals surface area contributed by atoms with Crippen LogP contribution in [0.2, 0.25) is 0 Å². The lowest BCUT2D eigenvalue weighted by Crippen LogP contribution is -1.95. The molecule has 0 heterocycles. The summed E-state index contributed by atoms with van der Waals surface area (Å²) in [6, 6.07) is 22.6. The lowest BCUT2D eigenvalue weighted by Gasteiger charge is -2.15. The second kappa shape index (κ2) is 9.71. The molecule has 0 fully saturated rings. The molecule has 0 saturated heterocycles. The zero-order valence-electron chi connectivity index (χ0n) is 17.5. The van der Waals surface area contributed by atoms with Crippen molar-refractivity contribution in [3.05, 3.63) is 82.9 Å². The van der Waals surface area contributed by atoms with E-state index in [4.69, 9.17) is 5.11 Å². The van der Waals surface area contributed by atoms with Crippen LogP contribution in [0.1, 0.15) is 48.9 Å². The van der Waals surface area contributed by atoms with E-state index in [-0.39, 0.29) is 6.61 Å². The quantitative estimate of drug-likeness (QED) is 0.433. The Kier molecular flexibility index (Phi) is 7.06. The number of unbranched alkanes of at least 4 members (excludes halogenated alkanes) is 1. The highest BCUT2D eigenvalue weighted by atomic mass is 16.2. The fourth-order valence-corrected chi connectivity index (χ4v) is 3.89. The molecular formula is C27H32O. The smallest absolute Gasteiger partial charge is 0.0431 e. The molecule has 1 heteroatoms. The summed E-state index contributed by atoms with van der Waals surface area (Å²) in [5, 5.41) is 9.01. The minimum absolute atomic E-state index is 0.284. The van der Waals surface area contributed by atoms with Gasteiger partial charge in [-0.3, -0.25) is 0 Å². The Morgan fingerprint density at radius 3 is 1.96 bits per heavy atom. The van der Waals surface area contributed by atoms with Gasteiger partial charge in [-0.2, -0.15) is 0 Å². The first-order chi connectivity index (χ1) is 13.7. The van der Waals surface area contributed by atoms with Gasteiger partial charge in [0.1, 0.15) is 0 Å². The summed E-state index contributed by atoms with van der Waals surface area (Å²) in [7, 11) is 0. The Balaban J connectivity index is 1.94. The largest absolute Gasteiger partial charge is 0.396 e. The Bertz CT molecular complexity index is 906. The molecule has 0 aliphatic carbocycles. The van der Waals surface area contributed by atoms with Crippen LogP contribution in [0.15, 0.2) is 60.7 Å². The molecule has 0 aliphatic heterocycles. The first-order valence-electron chi connectivity index (χ1n) is 10.6. The van der Waals surface area contributed by atoms with E-state index in [1.54, 1.807) is 0 Å². The highest BCUT2D eigenvalue weighted by molar-refractivity contribution is 5.75. The molecule has 3 aromatic rings. The zero-order valence-corrected chi connectivity index (χ0v) is 17.5. The van der Waals surface area contributed by atoms with Gasteiger partial charge < -0.3 is 5.11 Å². The highest BCUT2D eigenvalue weighted by Crippen LogP contribution is 2.32. The minimum atomic E-state index is 0.284. The third-order valence-corrected chi connectivity index (χ3v) is 5.58. The Morgan fingerprint density at radius 1 is 0.679 bits per heavy atom. The summed E-state index contributed by atoms with van der Waals surface area (Å²) in [6.45, 7) is 6.89. The van der Waals surface area contributed by atoms with Gasteiger partial charge in [0.2, 0.25) is 0 Å². The summed E-state index contributed by atoms with van der Waals surface area (Å²) >= 11 is 0. The number of hydrogen-bond donors (Lipinski definition) is 1. The molecule has 0 radical (unpaired) electrons. The highest BCUT2D eigenvalue weighted by Gasteiger charge is 2.10. The van der Waals surface area contributed by atoms with Gasteiger partial charge in [0.05, 0.1) is 0 Å². The Morgan fingerprint density at radius 2 is 1.29 bits per heavy atom. The number of hydrogen-bond acceptors (Lipinski definition) is 1. The number of aliphatic hydroxyl groups is 1. The van der Waals surface area contributed by atoms with Gasteiger partial charge in [-0.25, -0.2) is 0 Å². The van der Waals surface area contributed by atoms with Crippen molar-refractivity contribution in [3.8, 4) is 22.3 Å². The maximum atomic E-state index is 9.01. The monoisotopic (exact) mass is 372 g/mol. The van der Waals surface area contributed by atoms with Crippen LogP contribution >= 0.6 is 0 Å². The predicted octanol–water partition coefficient (Wildman–Crippen LogP) is 6.77. The van der Waals surface area contributed by atoms with E-state index in [9.17, 15) is 0 Å². The number of aryl methyl sites for hydroxylation is 4. The molecule has 3 aromatic carbocycles. The summed E-state index contributed by atoms with van der Waals surface area (Å²) in [5.74, 6) is 0. The van der Waals surface area contributed by atoms with E-state index in [2.05, 4.69) is 81.4 Å². The molecule has 0 amide bonds. The topological polar surface area (TPSA) is 20.2 Å². The fourth-order valence-electron chi connectivity index (χ4n) is 3.89. The van der Waals surface area contributed by atoms with Gasteiger partial charge >= 0.3 is 0 Å². The van der Waals surface area contributed by atoms with Crippen molar-refractivity contribution in [2.45, 2.75) is 52.9 Å². The minimum Gasteiger partial charge on any atom is -0.396 e. The van der Waals surface area contributed by atoms with E-state index in [0.29, 0.717) is 0 Å². The summed E-state index contributed by atoms with van der Waals surface area (Å²) in [4.78, 5) is 0. The molecule has 0 atom stereocenters.